The molecular formula is C30H33N2+. The highest BCUT2D eigenvalue weighted by molar-refractivity contribution is 5.89. The smallest absolute Gasteiger partial charge is 0.217 e. The molecule has 0 fully saturated rings. The summed E-state index contributed by atoms with van der Waals surface area (Å²) in [6.45, 7) is 20.9. The van der Waals surface area contributed by atoms with Crippen molar-refractivity contribution in [1.29, 1.82) is 0 Å². The first-order chi connectivity index (χ1) is 15.0. The van der Waals surface area contributed by atoms with Crippen LogP contribution in [-0.4, -0.2) is 4.40 Å². The van der Waals surface area contributed by atoms with Crippen molar-refractivity contribution in [3.63, 3.8) is 0 Å². The Kier molecular flexibility index (Phi) is 3.54. The highest BCUT2D eigenvalue weighted by Gasteiger charge is 2.48. The molecule has 1 aliphatic carbocycles. The van der Waals surface area contributed by atoms with Gasteiger partial charge in [0.15, 0.2) is 11.2 Å². The lowest BCUT2D eigenvalue weighted by molar-refractivity contribution is -0.736. The minimum atomic E-state index is -0.0990. The summed E-state index contributed by atoms with van der Waals surface area (Å²) in [5.74, 6) is 1.32. The Hall–Kier alpha value is -2.87. The number of hydrogen-bond acceptors (Lipinski definition) is 0. The van der Waals surface area contributed by atoms with Crippen molar-refractivity contribution in [2.75, 3.05) is 0 Å². The highest BCUT2D eigenvalue weighted by atomic mass is 15.2. The summed E-state index contributed by atoms with van der Waals surface area (Å²) in [6, 6.07) is 14.0. The van der Waals surface area contributed by atoms with E-state index in [0.717, 1.165) is 0 Å². The molecule has 0 N–H and O–H groups in total. The fraction of sp³-hybridized carbons (Fsp3) is 0.367. The SMILES string of the molecule is Cc1c(C)c(C)n2c(C)[n+]3c(c2c1C)-c1cc2c(cc1C3(C)C)-c1ccccc1C2(C)C. The molecule has 0 unspecified atom stereocenters. The normalized spacial score (nSPS) is 16.8. The highest BCUT2D eigenvalue weighted by Crippen LogP contribution is 2.53. The zero-order valence-corrected chi connectivity index (χ0v) is 20.9. The lowest BCUT2D eigenvalue weighted by atomic mass is 9.80. The molecule has 2 aliphatic rings. The maximum atomic E-state index is 2.60. The number of fused-ring (bicyclic) bond motifs is 8. The third-order valence-electron chi connectivity index (χ3n) is 8.87. The molecule has 0 saturated carbocycles. The third-order valence-corrected chi connectivity index (χ3v) is 8.87. The predicted octanol–water partition coefficient (Wildman–Crippen LogP) is 6.84. The van der Waals surface area contributed by atoms with Crippen LogP contribution >= 0.6 is 0 Å². The fourth-order valence-electron chi connectivity index (χ4n) is 6.79. The lowest BCUT2D eigenvalue weighted by Gasteiger charge is -2.23. The number of benzene rings is 2. The number of rotatable bonds is 0. The van der Waals surface area contributed by atoms with Gasteiger partial charge in [0.25, 0.3) is 5.82 Å². The van der Waals surface area contributed by atoms with Crippen molar-refractivity contribution in [2.45, 2.75) is 73.3 Å². The van der Waals surface area contributed by atoms with E-state index in [1.807, 2.05) is 0 Å². The van der Waals surface area contributed by atoms with Crippen LogP contribution in [0.15, 0.2) is 36.4 Å². The fourth-order valence-corrected chi connectivity index (χ4v) is 6.79. The quantitative estimate of drug-likeness (QED) is 0.275. The van der Waals surface area contributed by atoms with Gasteiger partial charge in [-0.3, -0.25) is 0 Å². The molecule has 2 aromatic carbocycles. The van der Waals surface area contributed by atoms with Gasteiger partial charge in [0.1, 0.15) is 11.2 Å². The Labute approximate surface area is 191 Å². The van der Waals surface area contributed by atoms with Gasteiger partial charge in [-0.05, 0) is 87.1 Å². The predicted molar refractivity (Wildman–Crippen MR) is 133 cm³/mol. The van der Waals surface area contributed by atoms with Crippen LogP contribution in [-0.2, 0) is 11.0 Å². The Morgan fingerprint density at radius 1 is 0.688 bits per heavy atom. The molecule has 0 spiro atoms. The molecule has 2 nitrogen and oxygen atoms in total. The van der Waals surface area contributed by atoms with Crippen molar-refractivity contribution in [1.82, 2.24) is 4.40 Å². The average molecular weight is 422 g/mol. The van der Waals surface area contributed by atoms with E-state index in [-0.39, 0.29) is 11.0 Å². The van der Waals surface area contributed by atoms with Crippen molar-refractivity contribution < 1.29 is 4.57 Å². The molecule has 6 rings (SSSR count). The zero-order valence-electron chi connectivity index (χ0n) is 20.9. The number of aryl methyl sites for hydroxylation is 3. The van der Waals surface area contributed by atoms with Crippen LogP contribution in [0.1, 0.15) is 72.6 Å². The van der Waals surface area contributed by atoms with Crippen molar-refractivity contribution in [3.8, 4) is 22.4 Å². The molecular weight excluding hydrogens is 388 g/mol. The monoisotopic (exact) mass is 421 g/mol. The summed E-state index contributed by atoms with van der Waals surface area (Å²) in [5.41, 5.74) is 16.8. The lowest BCUT2D eigenvalue weighted by Crippen LogP contribution is -2.51. The summed E-state index contributed by atoms with van der Waals surface area (Å²) >= 11 is 0. The maximum absolute atomic E-state index is 2.60. The summed E-state index contributed by atoms with van der Waals surface area (Å²) in [5, 5.41) is 0. The van der Waals surface area contributed by atoms with Gasteiger partial charge in [0.2, 0.25) is 0 Å². The van der Waals surface area contributed by atoms with E-state index in [1.54, 1.807) is 0 Å². The Balaban J connectivity index is 1.78. The minimum absolute atomic E-state index is 0.0145. The molecule has 0 saturated heterocycles. The largest absolute Gasteiger partial charge is 0.259 e. The minimum Gasteiger partial charge on any atom is -0.217 e. The molecule has 32 heavy (non-hydrogen) atoms. The average Bonchev–Trinajstić information content (AvgIpc) is 3.28. The molecule has 162 valence electrons. The van der Waals surface area contributed by atoms with E-state index < -0.39 is 0 Å². The second-order valence-corrected chi connectivity index (χ2v) is 11.0. The molecule has 1 aliphatic heterocycles. The van der Waals surface area contributed by atoms with Crippen LogP contribution < -0.4 is 4.57 Å². The number of aromatic nitrogens is 2. The van der Waals surface area contributed by atoms with E-state index >= 15 is 0 Å². The third kappa shape index (κ3) is 2.00. The van der Waals surface area contributed by atoms with Gasteiger partial charge in [-0.15, -0.1) is 0 Å². The van der Waals surface area contributed by atoms with Gasteiger partial charge in [-0.2, -0.15) is 4.40 Å². The Bertz CT molecular complexity index is 1510. The number of nitrogens with zero attached hydrogens (tertiary/aromatic N) is 2. The number of hydrogen-bond donors (Lipinski definition) is 0. The molecule has 0 bridgehead atoms. The van der Waals surface area contributed by atoms with Crippen LogP contribution in [0, 0.1) is 34.6 Å². The van der Waals surface area contributed by atoms with E-state index in [0.29, 0.717) is 0 Å². The summed E-state index contributed by atoms with van der Waals surface area (Å²) in [4.78, 5) is 0. The van der Waals surface area contributed by atoms with Gasteiger partial charge in [0.05, 0.1) is 0 Å². The molecule has 0 atom stereocenters. The van der Waals surface area contributed by atoms with Crippen LogP contribution in [0.4, 0.5) is 0 Å². The zero-order chi connectivity index (χ0) is 22.9. The van der Waals surface area contributed by atoms with Crippen LogP contribution in [0.25, 0.3) is 27.9 Å². The van der Waals surface area contributed by atoms with Crippen LogP contribution in [0.5, 0.6) is 0 Å². The van der Waals surface area contributed by atoms with E-state index in [9.17, 15) is 0 Å². The van der Waals surface area contributed by atoms with Gasteiger partial charge in [-0.25, -0.2) is 4.57 Å². The second kappa shape index (κ2) is 5.73. The van der Waals surface area contributed by atoms with Gasteiger partial charge in [-0.1, -0.05) is 38.1 Å². The van der Waals surface area contributed by atoms with E-state index in [1.165, 1.54) is 72.8 Å². The first kappa shape index (κ1) is 19.8. The number of imidazole rings is 1. The second-order valence-electron chi connectivity index (χ2n) is 11.0. The molecule has 2 heteroatoms. The summed E-state index contributed by atoms with van der Waals surface area (Å²) in [7, 11) is 0. The molecule has 0 amide bonds. The topological polar surface area (TPSA) is 8.29 Å². The van der Waals surface area contributed by atoms with Gasteiger partial charge >= 0.3 is 0 Å². The molecule has 0 radical (unpaired) electrons. The summed E-state index contributed by atoms with van der Waals surface area (Å²) in [6.07, 6.45) is 0. The van der Waals surface area contributed by atoms with Crippen LogP contribution in [0.2, 0.25) is 0 Å². The molecule has 2 aromatic heterocycles. The first-order valence-electron chi connectivity index (χ1n) is 11.8. The van der Waals surface area contributed by atoms with Gasteiger partial charge in [0, 0.05) is 29.0 Å². The Morgan fingerprint density at radius 2 is 1.34 bits per heavy atom. The molecule has 3 heterocycles. The number of pyridine rings is 1. The van der Waals surface area contributed by atoms with Crippen LogP contribution in [0.3, 0.4) is 0 Å². The maximum Gasteiger partial charge on any atom is 0.259 e. The van der Waals surface area contributed by atoms with E-state index in [4.69, 9.17) is 0 Å². The van der Waals surface area contributed by atoms with Crippen molar-refractivity contribution >= 4 is 5.52 Å². The Morgan fingerprint density at radius 3 is 2.06 bits per heavy atom. The first-order valence-corrected chi connectivity index (χ1v) is 11.8. The summed E-state index contributed by atoms with van der Waals surface area (Å²) < 4.78 is 5.10. The van der Waals surface area contributed by atoms with Crippen molar-refractivity contribution in [3.05, 3.63) is 81.3 Å². The van der Waals surface area contributed by atoms with Crippen molar-refractivity contribution in [2.24, 2.45) is 0 Å². The van der Waals surface area contributed by atoms with E-state index in [2.05, 4.69) is 108 Å². The van der Waals surface area contributed by atoms with Gasteiger partial charge < -0.3 is 0 Å². The molecule has 4 aromatic rings. The standard InChI is InChI=1S/C30H33N2/c1-16-17(2)19(4)31-20(5)32-28(27(31)18(16)3)23-15-25-22(14-26(23)30(32,8)9)21-12-10-11-13-24(21)29(25,6)7/h10-15H,1-9H3/q+1.